The van der Waals surface area contributed by atoms with E-state index in [4.69, 9.17) is 23.9 Å². The lowest BCUT2D eigenvalue weighted by atomic mass is 9.84. The average molecular weight is 911 g/mol. The number of piperazine rings is 1. The molecule has 4 atom stereocenters. The molecular formula is C47H65F3N8O7. The molecule has 7 heterocycles. The fraction of sp³-hybridized carbons (Fsp3) is 0.660. The second kappa shape index (κ2) is 18.6. The van der Waals surface area contributed by atoms with Gasteiger partial charge in [0, 0.05) is 79.8 Å². The third kappa shape index (κ3) is 10.8. The molecule has 5 aliphatic heterocycles. The number of halogens is 3. The van der Waals surface area contributed by atoms with E-state index in [1.54, 1.807) is 26.8 Å². The number of nitrogens with one attached hydrogen (secondary N) is 2. The molecule has 356 valence electrons. The molecule has 4 fully saturated rings. The second-order valence-corrected chi connectivity index (χ2v) is 20.4. The molecule has 4 saturated heterocycles. The van der Waals surface area contributed by atoms with Gasteiger partial charge in [-0.15, -0.1) is 0 Å². The molecule has 15 nitrogen and oxygen atoms in total. The summed E-state index contributed by atoms with van der Waals surface area (Å²) in [5.41, 5.74) is 6.00. The minimum atomic E-state index is -4.56. The summed E-state index contributed by atoms with van der Waals surface area (Å²) in [6, 6.07) is 5.89. The van der Waals surface area contributed by atoms with Crippen LogP contribution in [-0.4, -0.2) is 146 Å². The summed E-state index contributed by atoms with van der Waals surface area (Å²) < 4.78 is 70.0. The van der Waals surface area contributed by atoms with Crippen LogP contribution in [0.5, 0.6) is 0 Å². The Morgan fingerprint density at radius 2 is 1.80 bits per heavy atom. The van der Waals surface area contributed by atoms with Gasteiger partial charge < -0.3 is 38.6 Å². The number of hydrazine groups is 1. The Kier molecular flexibility index (Phi) is 13.4. The van der Waals surface area contributed by atoms with Crippen LogP contribution >= 0.6 is 0 Å². The first-order valence-corrected chi connectivity index (χ1v) is 23.1. The summed E-state index contributed by atoms with van der Waals surface area (Å²) in [7, 11) is 0. The highest BCUT2D eigenvalue weighted by molar-refractivity contribution is 5.95. The van der Waals surface area contributed by atoms with E-state index in [1.165, 1.54) is 9.58 Å². The van der Waals surface area contributed by atoms with E-state index in [0.29, 0.717) is 92.3 Å². The third-order valence-electron chi connectivity index (χ3n) is 13.0. The number of ether oxygens (including phenoxy) is 4. The van der Waals surface area contributed by atoms with E-state index in [2.05, 4.69) is 25.4 Å². The molecule has 8 rings (SSSR count). The van der Waals surface area contributed by atoms with Gasteiger partial charge in [0.1, 0.15) is 24.2 Å². The van der Waals surface area contributed by atoms with Crippen molar-refractivity contribution in [3.63, 3.8) is 0 Å². The van der Waals surface area contributed by atoms with Gasteiger partial charge in [-0.2, -0.15) is 13.2 Å². The lowest BCUT2D eigenvalue weighted by Crippen LogP contribution is -2.61. The van der Waals surface area contributed by atoms with Gasteiger partial charge in [-0.1, -0.05) is 27.7 Å². The van der Waals surface area contributed by atoms with Gasteiger partial charge in [0.15, 0.2) is 0 Å². The number of cyclic esters (lactones) is 1. The van der Waals surface area contributed by atoms with Gasteiger partial charge in [-0.25, -0.2) is 10.2 Å². The molecule has 2 aromatic heterocycles. The van der Waals surface area contributed by atoms with Crippen molar-refractivity contribution in [1.82, 2.24) is 30.2 Å². The van der Waals surface area contributed by atoms with Crippen molar-refractivity contribution in [2.45, 2.75) is 123 Å². The van der Waals surface area contributed by atoms with Crippen LogP contribution < -0.4 is 20.5 Å². The molecule has 0 spiro atoms. The molecule has 2 N–H and O–H groups in total. The van der Waals surface area contributed by atoms with Crippen molar-refractivity contribution in [3.8, 4) is 11.3 Å². The van der Waals surface area contributed by atoms with E-state index in [0.717, 1.165) is 31.0 Å². The highest BCUT2D eigenvalue weighted by atomic mass is 19.4. The molecule has 0 unspecified atom stereocenters. The number of carbonyl (C=O) groups excluding carboxylic acids is 3. The molecule has 5 aliphatic rings. The summed E-state index contributed by atoms with van der Waals surface area (Å²) in [5.74, 6) is -1.11. The molecule has 2 amide bonds. The molecular weight excluding hydrogens is 846 g/mol. The Morgan fingerprint density at radius 1 is 1.02 bits per heavy atom. The first kappa shape index (κ1) is 46.9. The summed E-state index contributed by atoms with van der Waals surface area (Å²) in [4.78, 5) is 53.1. The number of rotatable bonds is 5. The maximum absolute atomic E-state index is 15.0. The number of alkyl halides is 3. The van der Waals surface area contributed by atoms with Crippen molar-refractivity contribution >= 4 is 40.2 Å². The van der Waals surface area contributed by atoms with Crippen LogP contribution in [0.4, 0.5) is 29.3 Å². The van der Waals surface area contributed by atoms with E-state index in [1.807, 2.05) is 52.1 Å². The molecule has 3 aromatic rings. The number of morpholine rings is 2. The smallest absolute Gasteiger partial charge is 0.408 e. The number of hydrogen-bond acceptors (Lipinski definition) is 12. The molecule has 65 heavy (non-hydrogen) atoms. The van der Waals surface area contributed by atoms with Crippen molar-refractivity contribution in [2.75, 3.05) is 82.0 Å². The van der Waals surface area contributed by atoms with Gasteiger partial charge in [0.05, 0.1) is 61.8 Å². The summed E-state index contributed by atoms with van der Waals surface area (Å²) >= 11 is 0. The number of benzene rings is 1. The number of pyridine rings is 1. The van der Waals surface area contributed by atoms with Crippen molar-refractivity contribution in [1.29, 1.82) is 0 Å². The second-order valence-electron chi connectivity index (χ2n) is 20.4. The fourth-order valence-electron chi connectivity index (χ4n) is 9.94. The number of anilines is 2. The minimum absolute atomic E-state index is 0.0416. The monoisotopic (exact) mass is 910 g/mol. The van der Waals surface area contributed by atoms with E-state index in [-0.39, 0.29) is 31.4 Å². The highest BCUT2D eigenvalue weighted by Crippen LogP contribution is 2.44. The molecule has 6 bridgehead atoms. The quantitative estimate of drug-likeness (QED) is 0.289. The molecule has 0 radical (unpaired) electrons. The lowest BCUT2D eigenvalue weighted by molar-refractivity contribution is -0.155. The number of nitrogens with zero attached hydrogens (tertiary/aromatic N) is 6. The molecule has 0 aliphatic carbocycles. The zero-order valence-electron chi connectivity index (χ0n) is 38.8. The first-order valence-electron chi connectivity index (χ1n) is 23.1. The lowest BCUT2D eigenvalue weighted by Gasteiger charge is -2.44. The van der Waals surface area contributed by atoms with Gasteiger partial charge in [-0.3, -0.25) is 24.5 Å². The third-order valence-corrected chi connectivity index (χ3v) is 13.0. The topological polar surface area (TPSA) is 143 Å². The normalized spacial score (nSPS) is 25.0. The maximum atomic E-state index is 15.0. The number of carbonyl (C=O) groups is 3. The zero-order valence-corrected chi connectivity index (χ0v) is 38.8. The number of alkyl carbamates (subject to hydrolysis) is 1. The molecule has 0 saturated carbocycles. The number of amides is 2. The average Bonchev–Trinajstić information content (AvgIpc) is 3.53. The van der Waals surface area contributed by atoms with Crippen LogP contribution in [0.15, 0.2) is 30.5 Å². The largest absolute Gasteiger partial charge is 0.464 e. The van der Waals surface area contributed by atoms with Gasteiger partial charge in [-0.05, 0) is 75.8 Å². The summed E-state index contributed by atoms with van der Waals surface area (Å²) in [6.45, 7) is 17.8. The fourth-order valence-corrected chi connectivity index (χ4v) is 9.94. The predicted molar refractivity (Wildman–Crippen MR) is 240 cm³/mol. The van der Waals surface area contributed by atoms with Crippen LogP contribution in [0.1, 0.15) is 84.9 Å². The maximum Gasteiger partial charge on any atom is 0.408 e. The number of aromatic nitrogens is 2. The Balaban J connectivity index is 1.25. The van der Waals surface area contributed by atoms with Gasteiger partial charge in [0.25, 0.3) is 5.91 Å². The first-order chi connectivity index (χ1) is 30.7. The van der Waals surface area contributed by atoms with Crippen LogP contribution in [0, 0.1) is 5.41 Å². The standard InChI is InChI=1S/C47H65F3N8O7/c1-29(2)40-35(20-31(23-51-40)55-14-13-54-15-17-62-26-32(54)24-55)41-36-22-46(6,7)28-64-43(60)37-9-8-12-58(53-37)42(59)38(52-44(61)65-45(3,4)5)21-33-25-56(16-18-63-33)30-10-11-39(34(36)19-30)57(41)27-47(48,49)50/h10-11,19-20,23,29,32-33,37-38,53H,8-9,12-18,21-22,24-28H2,1-7H3,(H,52,61)/t32-,33-,37-,38-/m0/s1. The van der Waals surface area contributed by atoms with Crippen molar-refractivity contribution < 1.29 is 46.5 Å². The Labute approximate surface area is 379 Å². The van der Waals surface area contributed by atoms with Crippen molar-refractivity contribution in [3.05, 3.63) is 41.7 Å². The minimum Gasteiger partial charge on any atom is -0.464 e. The summed E-state index contributed by atoms with van der Waals surface area (Å²) in [6.07, 6.45) is -2.72. The number of hydrogen-bond donors (Lipinski definition) is 2. The Bertz CT molecular complexity index is 2240. The predicted octanol–water partition coefficient (Wildman–Crippen LogP) is 6.02. The number of fused-ring (bicyclic) bond motifs is 7. The summed E-state index contributed by atoms with van der Waals surface area (Å²) in [5, 5.41) is 4.80. The molecule has 18 heteroatoms. The van der Waals surface area contributed by atoms with E-state index < -0.39 is 59.9 Å². The van der Waals surface area contributed by atoms with Crippen molar-refractivity contribution in [2.24, 2.45) is 5.41 Å². The Morgan fingerprint density at radius 3 is 2.55 bits per heavy atom. The van der Waals surface area contributed by atoms with Gasteiger partial charge in [0.2, 0.25) is 0 Å². The SMILES string of the molecule is CC(C)c1ncc(N2CCN3CCOC[C@@H]3C2)cc1-c1c2c3cc(ccc3n1CC(F)(F)F)N1CCO[C@@H](C[C@H](NC(=O)OC(C)(C)C)C(=O)N3CCC[C@H](N3)C(=O)OCC(C)(C)C2)C1. The van der Waals surface area contributed by atoms with Crippen LogP contribution in [-0.2, 0) is 41.5 Å². The zero-order chi connectivity index (χ0) is 46.4. The molecule has 1 aromatic carbocycles. The van der Waals surface area contributed by atoms with E-state index >= 15 is 0 Å². The van der Waals surface area contributed by atoms with E-state index in [9.17, 15) is 27.6 Å². The van der Waals surface area contributed by atoms with Crippen LogP contribution in [0.25, 0.3) is 22.2 Å². The van der Waals surface area contributed by atoms with Crippen LogP contribution in [0.2, 0.25) is 0 Å². The van der Waals surface area contributed by atoms with Crippen LogP contribution in [0.3, 0.4) is 0 Å². The van der Waals surface area contributed by atoms with Gasteiger partial charge >= 0.3 is 18.2 Å². The number of esters is 1. The Hall–Kier alpha value is -4.65. The highest BCUT2D eigenvalue weighted by Gasteiger charge is 2.39.